The predicted molar refractivity (Wildman–Crippen MR) is 87.3 cm³/mol. The second kappa shape index (κ2) is 4.61. The molecule has 0 aliphatic rings. The van der Waals surface area contributed by atoms with E-state index in [0.717, 1.165) is 31.7 Å². The van der Waals surface area contributed by atoms with Crippen molar-refractivity contribution in [2.45, 2.75) is 18.2 Å². The van der Waals surface area contributed by atoms with E-state index in [1.807, 2.05) is 17.0 Å². The third-order valence-electron chi connectivity index (χ3n) is 3.44. The lowest BCUT2D eigenvalue weighted by molar-refractivity contribution is 0.629. The molecule has 4 rings (SSSR count). The van der Waals surface area contributed by atoms with Crippen LogP contribution in [0.5, 0.6) is 0 Å². The van der Waals surface area contributed by atoms with Gasteiger partial charge < -0.3 is 4.42 Å². The molecule has 4 aromatic rings. The van der Waals surface area contributed by atoms with Crippen LogP contribution >= 0.6 is 23.1 Å². The summed E-state index contributed by atoms with van der Waals surface area (Å²) in [7, 11) is 0. The number of thioether (sulfide) groups is 1. The standard InChI is InChI=1S/C15H13N3OS2/c1-8-4-9(2)10-6-13(19-12(10)5-8)11-7-18-14(16-11)21-15(17-18)20-3/h4-7H,1-3H3. The number of aryl methyl sites for hydroxylation is 2. The molecule has 1 aromatic carbocycles. The Labute approximate surface area is 129 Å². The quantitative estimate of drug-likeness (QED) is 0.509. The highest BCUT2D eigenvalue weighted by molar-refractivity contribution is 8.00. The highest BCUT2D eigenvalue weighted by Crippen LogP contribution is 2.31. The number of aromatic nitrogens is 3. The zero-order chi connectivity index (χ0) is 14.6. The Morgan fingerprint density at radius 3 is 2.86 bits per heavy atom. The number of rotatable bonds is 2. The molecule has 0 saturated heterocycles. The van der Waals surface area contributed by atoms with Crippen LogP contribution in [0.2, 0.25) is 0 Å². The van der Waals surface area contributed by atoms with Gasteiger partial charge in [0.1, 0.15) is 11.3 Å². The third-order valence-corrected chi connectivity index (χ3v) is 5.34. The first-order valence-corrected chi connectivity index (χ1v) is 8.59. The average molecular weight is 315 g/mol. The van der Waals surface area contributed by atoms with Crippen LogP contribution in [0.25, 0.3) is 27.4 Å². The maximum absolute atomic E-state index is 5.97. The molecule has 6 heteroatoms. The van der Waals surface area contributed by atoms with E-state index in [1.165, 1.54) is 11.1 Å². The fourth-order valence-corrected chi connectivity index (χ4v) is 3.84. The van der Waals surface area contributed by atoms with E-state index in [1.54, 1.807) is 23.1 Å². The largest absolute Gasteiger partial charge is 0.454 e. The maximum Gasteiger partial charge on any atom is 0.213 e. The molecule has 3 heterocycles. The van der Waals surface area contributed by atoms with Crippen molar-refractivity contribution in [3.05, 3.63) is 35.5 Å². The molecule has 4 nitrogen and oxygen atoms in total. The molecule has 0 radical (unpaired) electrons. The Balaban J connectivity index is 1.87. The van der Waals surface area contributed by atoms with Crippen molar-refractivity contribution < 1.29 is 4.42 Å². The van der Waals surface area contributed by atoms with Gasteiger partial charge in [-0.15, -0.1) is 5.10 Å². The zero-order valence-corrected chi connectivity index (χ0v) is 13.5. The van der Waals surface area contributed by atoms with Crippen molar-refractivity contribution in [2.24, 2.45) is 0 Å². The van der Waals surface area contributed by atoms with E-state index < -0.39 is 0 Å². The number of hydrogen-bond donors (Lipinski definition) is 0. The smallest absolute Gasteiger partial charge is 0.213 e. The Morgan fingerprint density at radius 2 is 2.10 bits per heavy atom. The molecule has 0 aliphatic carbocycles. The number of fused-ring (bicyclic) bond motifs is 2. The Kier molecular flexibility index (Phi) is 2.83. The maximum atomic E-state index is 5.97. The van der Waals surface area contributed by atoms with Crippen LogP contribution in [-0.2, 0) is 0 Å². The lowest BCUT2D eigenvalue weighted by Crippen LogP contribution is -1.79. The van der Waals surface area contributed by atoms with Crippen LogP contribution < -0.4 is 0 Å². The van der Waals surface area contributed by atoms with Gasteiger partial charge in [0.2, 0.25) is 4.96 Å². The average Bonchev–Trinajstić information content (AvgIpc) is 3.08. The molecule has 0 aliphatic heterocycles. The van der Waals surface area contributed by atoms with E-state index >= 15 is 0 Å². The number of benzene rings is 1. The van der Waals surface area contributed by atoms with Gasteiger partial charge in [-0.05, 0) is 43.4 Å². The first kappa shape index (κ1) is 12.9. The van der Waals surface area contributed by atoms with E-state index in [2.05, 4.69) is 42.1 Å². The highest BCUT2D eigenvalue weighted by atomic mass is 32.2. The minimum atomic E-state index is 0.794. The molecule has 0 N–H and O–H groups in total. The number of hydrogen-bond acceptors (Lipinski definition) is 5. The molecule has 21 heavy (non-hydrogen) atoms. The van der Waals surface area contributed by atoms with Crippen molar-refractivity contribution in [3.8, 4) is 11.5 Å². The normalized spacial score (nSPS) is 11.8. The summed E-state index contributed by atoms with van der Waals surface area (Å²) in [6, 6.07) is 6.29. The van der Waals surface area contributed by atoms with Crippen molar-refractivity contribution in [1.82, 2.24) is 14.6 Å². The minimum Gasteiger partial charge on any atom is -0.454 e. The van der Waals surface area contributed by atoms with Gasteiger partial charge in [-0.25, -0.2) is 9.50 Å². The van der Waals surface area contributed by atoms with Crippen molar-refractivity contribution in [2.75, 3.05) is 6.26 Å². The van der Waals surface area contributed by atoms with Gasteiger partial charge in [-0.3, -0.25) is 0 Å². The molecule has 0 atom stereocenters. The number of imidazole rings is 1. The van der Waals surface area contributed by atoms with Crippen LogP contribution in [0.3, 0.4) is 0 Å². The molecule has 0 amide bonds. The molecule has 3 aromatic heterocycles. The molecule has 0 spiro atoms. The fraction of sp³-hybridized carbons (Fsp3) is 0.200. The molecule has 0 bridgehead atoms. The number of nitrogens with zero attached hydrogens (tertiary/aromatic N) is 3. The van der Waals surface area contributed by atoms with Gasteiger partial charge >= 0.3 is 0 Å². The lowest BCUT2D eigenvalue weighted by atomic mass is 10.1. The second-order valence-corrected chi connectivity index (χ2v) is 7.04. The first-order chi connectivity index (χ1) is 10.1. The monoisotopic (exact) mass is 315 g/mol. The summed E-state index contributed by atoms with van der Waals surface area (Å²) in [6.45, 7) is 4.18. The van der Waals surface area contributed by atoms with Gasteiger partial charge in [0.25, 0.3) is 0 Å². The first-order valence-electron chi connectivity index (χ1n) is 6.55. The van der Waals surface area contributed by atoms with Crippen LogP contribution in [-0.4, -0.2) is 20.9 Å². The molecule has 0 unspecified atom stereocenters. The molecular formula is C15H13N3OS2. The summed E-state index contributed by atoms with van der Waals surface area (Å²) in [6.07, 6.45) is 3.94. The Hall–Kier alpha value is -1.79. The van der Waals surface area contributed by atoms with Crippen molar-refractivity contribution >= 4 is 39.0 Å². The molecule has 106 valence electrons. The molecular weight excluding hydrogens is 302 g/mol. The molecule has 0 saturated carbocycles. The van der Waals surface area contributed by atoms with E-state index in [0.29, 0.717) is 0 Å². The summed E-state index contributed by atoms with van der Waals surface area (Å²) in [4.78, 5) is 5.50. The Bertz CT molecular complexity index is 933. The Morgan fingerprint density at radius 1 is 1.24 bits per heavy atom. The van der Waals surface area contributed by atoms with E-state index in [4.69, 9.17) is 4.42 Å². The van der Waals surface area contributed by atoms with Crippen LogP contribution in [0.4, 0.5) is 0 Å². The summed E-state index contributed by atoms with van der Waals surface area (Å²) in [5.41, 5.74) is 4.17. The van der Waals surface area contributed by atoms with E-state index in [-0.39, 0.29) is 0 Å². The predicted octanol–water partition coefficient (Wildman–Crippen LogP) is 4.54. The van der Waals surface area contributed by atoms with Crippen LogP contribution in [0, 0.1) is 13.8 Å². The topological polar surface area (TPSA) is 43.3 Å². The second-order valence-electron chi connectivity index (χ2n) is 5.03. The molecule has 0 fully saturated rings. The summed E-state index contributed by atoms with van der Waals surface area (Å²) in [5, 5.41) is 5.60. The summed E-state index contributed by atoms with van der Waals surface area (Å²) in [5.74, 6) is 0.794. The summed E-state index contributed by atoms with van der Waals surface area (Å²) < 4.78 is 8.80. The third kappa shape index (κ3) is 2.06. The lowest BCUT2D eigenvalue weighted by Gasteiger charge is -1.96. The zero-order valence-electron chi connectivity index (χ0n) is 11.9. The fourth-order valence-electron chi connectivity index (χ4n) is 2.50. The van der Waals surface area contributed by atoms with Crippen molar-refractivity contribution in [1.29, 1.82) is 0 Å². The minimum absolute atomic E-state index is 0.794. The van der Waals surface area contributed by atoms with Crippen LogP contribution in [0.1, 0.15) is 11.1 Å². The SMILES string of the molecule is CSc1nn2cc(-c3cc4c(C)cc(C)cc4o3)nc2s1. The number of furan rings is 1. The van der Waals surface area contributed by atoms with Crippen LogP contribution in [0.15, 0.2) is 33.2 Å². The van der Waals surface area contributed by atoms with Gasteiger partial charge in [0.05, 0.1) is 6.20 Å². The van der Waals surface area contributed by atoms with Gasteiger partial charge in [-0.1, -0.05) is 29.2 Å². The van der Waals surface area contributed by atoms with Crippen molar-refractivity contribution in [3.63, 3.8) is 0 Å². The van der Waals surface area contributed by atoms with Gasteiger partial charge in [0, 0.05) is 5.39 Å². The highest BCUT2D eigenvalue weighted by Gasteiger charge is 2.14. The van der Waals surface area contributed by atoms with E-state index in [9.17, 15) is 0 Å². The van der Waals surface area contributed by atoms with Gasteiger partial charge in [0.15, 0.2) is 10.1 Å². The van der Waals surface area contributed by atoms with Gasteiger partial charge in [-0.2, -0.15) is 0 Å². The summed E-state index contributed by atoms with van der Waals surface area (Å²) >= 11 is 3.22.